The fourth-order valence-electron chi connectivity index (χ4n) is 2.24. The summed E-state index contributed by atoms with van der Waals surface area (Å²) in [5.74, 6) is -0.815. The molecule has 0 aliphatic heterocycles. The van der Waals surface area contributed by atoms with E-state index in [1.807, 2.05) is 6.07 Å². The lowest BCUT2D eigenvalue weighted by Gasteiger charge is -2.15. The number of benzene rings is 2. The van der Waals surface area contributed by atoms with Crippen LogP contribution in [0, 0.1) is 17.1 Å². The van der Waals surface area contributed by atoms with Crippen LogP contribution in [0.5, 0.6) is 0 Å². The Kier molecular flexibility index (Phi) is 6.44. The highest BCUT2D eigenvalue weighted by molar-refractivity contribution is 7.89. The molecule has 2 rings (SSSR count). The second kappa shape index (κ2) is 8.56. The van der Waals surface area contributed by atoms with E-state index in [4.69, 9.17) is 5.26 Å². The van der Waals surface area contributed by atoms with E-state index in [0.29, 0.717) is 0 Å². The number of halogens is 1. The number of hydrogen-bond donors (Lipinski definition) is 2. The summed E-state index contributed by atoms with van der Waals surface area (Å²) in [5, 5.41) is 11.2. The maximum atomic E-state index is 13.0. The third kappa shape index (κ3) is 5.12. The first-order valence-electron chi connectivity index (χ1n) is 7.86. The third-order valence-electron chi connectivity index (χ3n) is 3.65. The van der Waals surface area contributed by atoms with E-state index >= 15 is 0 Å². The van der Waals surface area contributed by atoms with Crippen molar-refractivity contribution in [2.24, 2.45) is 0 Å². The fraction of sp³-hybridized carbons (Fsp3) is 0.222. The molecule has 0 spiro atoms. The van der Waals surface area contributed by atoms with Crippen molar-refractivity contribution in [1.82, 2.24) is 10.0 Å². The Morgan fingerprint density at radius 2 is 1.92 bits per heavy atom. The number of sulfonamides is 1. The minimum Gasteiger partial charge on any atom is -0.346 e. The zero-order valence-corrected chi connectivity index (χ0v) is 14.9. The molecule has 0 fully saturated rings. The van der Waals surface area contributed by atoms with E-state index in [0.717, 1.165) is 5.56 Å². The standard InChI is InChI=1S/C18H18FN3O3S/c1-13(14-6-8-16(19)9-7-14)22-18(23)15-4-2-5-17(12-15)26(24,25)21-11-3-10-20/h2,4-9,12-13,21H,3,11H2,1H3,(H,22,23)/t13-/m1/s1. The van der Waals surface area contributed by atoms with Crippen LogP contribution in [-0.2, 0) is 10.0 Å². The number of rotatable bonds is 7. The topological polar surface area (TPSA) is 99.1 Å². The highest BCUT2D eigenvalue weighted by atomic mass is 32.2. The van der Waals surface area contributed by atoms with Gasteiger partial charge in [-0.3, -0.25) is 4.79 Å². The van der Waals surface area contributed by atoms with Crippen LogP contribution < -0.4 is 10.0 Å². The van der Waals surface area contributed by atoms with Crippen LogP contribution in [0.15, 0.2) is 53.4 Å². The summed E-state index contributed by atoms with van der Waals surface area (Å²) in [6.07, 6.45) is 0.0502. The molecular formula is C18H18FN3O3S. The van der Waals surface area contributed by atoms with Crippen molar-refractivity contribution in [3.8, 4) is 6.07 Å². The smallest absolute Gasteiger partial charge is 0.251 e. The van der Waals surface area contributed by atoms with Crippen molar-refractivity contribution >= 4 is 15.9 Å². The summed E-state index contributed by atoms with van der Waals surface area (Å²) in [6.45, 7) is 1.74. The van der Waals surface area contributed by atoms with Crippen LogP contribution in [-0.4, -0.2) is 20.9 Å². The molecule has 0 radical (unpaired) electrons. The van der Waals surface area contributed by atoms with Gasteiger partial charge in [0.05, 0.1) is 17.0 Å². The minimum absolute atomic E-state index is 0.00312. The average molecular weight is 375 g/mol. The molecule has 6 nitrogen and oxygen atoms in total. The van der Waals surface area contributed by atoms with Gasteiger partial charge in [0, 0.05) is 18.5 Å². The van der Waals surface area contributed by atoms with E-state index in [-0.39, 0.29) is 35.3 Å². The Morgan fingerprint density at radius 1 is 1.23 bits per heavy atom. The maximum Gasteiger partial charge on any atom is 0.251 e. The second-order valence-electron chi connectivity index (χ2n) is 5.58. The molecule has 2 N–H and O–H groups in total. The number of carbonyl (C=O) groups excluding carboxylic acids is 1. The van der Waals surface area contributed by atoms with Crippen molar-refractivity contribution in [2.75, 3.05) is 6.54 Å². The zero-order chi connectivity index (χ0) is 19.2. The van der Waals surface area contributed by atoms with Gasteiger partial charge in [0.15, 0.2) is 0 Å². The van der Waals surface area contributed by atoms with Crippen LogP contribution >= 0.6 is 0 Å². The molecule has 2 aromatic carbocycles. The van der Waals surface area contributed by atoms with Gasteiger partial charge in [0.25, 0.3) is 5.91 Å². The quantitative estimate of drug-likeness (QED) is 0.726. The normalized spacial score (nSPS) is 12.2. The summed E-state index contributed by atoms with van der Waals surface area (Å²) >= 11 is 0. The highest BCUT2D eigenvalue weighted by Gasteiger charge is 2.17. The number of nitriles is 1. The molecule has 26 heavy (non-hydrogen) atoms. The van der Waals surface area contributed by atoms with Crippen molar-refractivity contribution in [2.45, 2.75) is 24.3 Å². The van der Waals surface area contributed by atoms with E-state index in [1.54, 1.807) is 19.1 Å². The van der Waals surface area contributed by atoms with Crippen molar-refractivity contribution in [3.05, 3.63) is 65.5 Å². The lowest BCUT2D eigenvalue weighted by molar-refractivity contribution is 0.0939. The molecular weight excluding hydrogens is 357 g/mol. The Hall–Kier alpha value is -2.76. The highest BCUT2D eigenvalue weighted by Crippen LogP contribution is 2.16. The van der Waals surface area contributed by atoms with Crippen LogP contribution in [0.4, 0.5) is 4.39 Å². The predicted octanol–water partition coefficient (Wildman–Crippen LogP) is 2.51. The number of amides is 1. The van der Waals surface area contributed by atoms with Gasteiger partial charge in [-0.25, -0.2) is 17.5 Å². The first-order chi connectivity index (χ1) is 12.3. The molecule has 1 atom stereocenters. The van der Waals surface area contributed by atoms with Gasteiger partial charge in [0.1, 0.15) is 5.82 Å². The number of hydrogen-bond acceptors (Lipinski definition) is 4. The van der Waals surface area contributed by atoms with Crippen molar-refractivity contribution in [1.29, 1.82) is 5.26 Å². The van der Waals surface area contributed by atoms with Gasteiger partial charge in [-0.05, 0) is 42.8 Å². The number of nitrogens with zero attached hydrogens (tertiary/aromatic N) is 1. The van der Waals surface area contributed by atoms with E-state index < -0.39 is 15.9 Å². The Morgan fingerprint density at radius 3 is 2.58 bits per heavy atom. The van der Waals surface area contributed by atoms with Crippen LogP contribution in [0.1, 0.15) is 35.3 Å². The van der Waals surface area contributed by atoms with Crippen LogP contribution in [0.3, 0.4) is 0 Å². The SMILES string of the molecule is C[C@@H](NC(=O)c1cccc(S(=O)(=O)NCCC#N)c1)c1ccc(F)cc1. The molecule has 0 aliphatic carbocycles. The van der Waals surface area contributed by atoms with Gasteiger partial charge in [0.2, 0.25) is 10.0 Å². The molecule has 0 bridgehead atoms. The largest absolute Gasteiger partial charge is 0.346 e. The lowest BCUT2D eigenvalue weighted by atomic mass is 10.1. The molecule has 0 aliphatic rings. The molecule has 0 saturated carbocycles. The van der Waals surface area contributed by atoms with Crippen molar-refractivity contribution in [3.63, 3.8) is 0 Å². The number of nitrogens with one attached hydrogen (secondary N) is 2. The molecule has 0 unspecified atom stereocenters. The second-order valence-corrected chi connectivity index (χ2v) is 7.35. The summed E-state index contributed by atoms with van der Waals surface area (Å²) in [6, 6.07) is 12.8. The summed E-state index contributed by atoms with van der Waals surface area (Å²) in [7, 11) is -3.80. The molecule has 0 heterocycles. The van der Waals surface area contributed by atoms with Gasteiger partial charge < -0.3 is 5.32 Å². The Bertz CT molecular complexity index is 921. The molecule has 8 heteroatoms. The molecule has 0 saturated heterocycles. The zero-order valence-electron chi connectivity index (χ0n) is 14.1. The molecule has 2 aromatic rings. The first-order valence-corrected chi connectivity index (χ1v) is 9.35. The summed E-state index contributed by atoms with van der Waals surface area (Å²) < 4.78 is 39.6. The fourth-order valence-corrected chi connectivity index (χ4v) is 3.32. The lowest BCUT2D eigenvalue weighted by Crippen LogP contribution is -2.28. The van der Waals surface area contributed by atoms with E-state index in [9.17, 15) is 17.6 Å². The molecule has 0 aromatic heterocycles. The van der Waals surface area contributed by atoms with Gasteiger partial charge in [-0.2, -0.15) is 5.26 Å². The van der Waals surface area contributed by atoms with Crippen LogP contribution in [0.2, 0.25) is 0 Å². The number of carbonyl (C=O) groups is 1. The predicted molar refractivity (Wildman–Crippen MR) is 94.1 cm³/mol. The van der Waals surface area contributed by atoms with E-state index in [2.05, 4.69) is 10.0 Å². The summed E-state index contributed by atoms with van der Waals surface area (Å²) in [5.41, 5.74) is 0.906. The average Bonchev–Trinajstić information content (AvgIpc) is 2.62. The molecule has 136 valence electrons. The minimum atomic E-state index is -3.80. The van der Waals surface area contributed by atoms with Gasteiger partial charge in [-0.15, -0.1) is 0 Å². The van der Waals surface area contributed by atoms with Crippen molar-refractivity contribution < 1.29 is 17.6 Å². The third-order valence-corrected chi connectivity index (χ3v) is 5.11. The molecule has 1 amide bonds. The first kappa shape index (κ1) is 19.6. The van der Waals surface area contributed by atoms with E-state index in [1.165, 1.54) is 36.4 Å². The Labute approximate surface area is 151 Å². The maximum absolute atomic E-state index is 13.0. The Balaban J connectivity index is 2.12. The summed E-state index contributed by atoms with van der Waals surface area (Å²) in [4.78, 5) is 12.3. The van der Waals surface area contributed by atoms with Gasteiger partial charge in [-0.1, -0.05) is 18.2 Å². The van der Waals surface area contributed by atoms with Gasteiger partial charge >= 0.3 is 0 Å². The monoisotopic (exact) mass is 375 g/mol. The van der Waals surface area contributed by atoms with Crippen LogP contribution in [0.25, 0.3) is 0 Å².